The summed E-state index contributed by atoms with van der Waals surface area (Å²) in [6.45, 7) is 0. The van der Waals surface area contributed by atoms with Gasteiger partial charge in [-0.2, -0.15) is 0 Å². The van der Waals surface area contributed by atoms with Gasteiger partial charge in [0.25, 0.3) is 0 Å². The molecule has 0 aliphatic rings. The number of phenolic OH excluding ortho intramolecular Hbond substituents is 1. The van der Waals surface area contributed by atoms with E-state index >= 15 is 0 Å². The number of hydrogen-bond acceptors (Lipinski definition) is 4. The lowest BCUT2D eigenvalue weighted by Crippen LogP contribution is -1.88. The fourth-order valence-corrected chi connectivity index (χ4v) is 1.80. The van der Waals surface area contributed by atoms with E-state index in [4.69, 9.17) is 14.2 Å². The minimum Gasteiger partial charge on any atom is -0.508 e. The van der Waals surface area contributed by atoms with E-state index in [1.54, 1.807) is 39.5 Å². The monoisotopic (exact) mass is 284 g/mol. The molecule has 0 fully saturated rings. The standard InChI is InChI=1S/C17H16O4/c1-19-15-7-12(6-14(18)10-15)4-5-13-8-16(20-2)11-17(9-13)21-3/h6-11,18H,1-3H3. The van der Waals surface area contributed by atoms with Crippen LogP contribution in [0.25, 0.3) is 0 Å². The van der Waals surface area contributed by atoms with E-state index in [0.29, 0.717) is 22.8 Å². The van der Waals surface area contributed by atoms with E-state index in [-0.39, 0.29) is 5.75 Å². The zero-order valence-corrected chi connectivity index (χ0v) is 12.1. The number of rotatable bonds is 3. The Kier molecular flexibility index (Phi) is 4.57. The molecule has 0 bridgehead atoms. The van der Waals surface area contributed by atoms with Gasteiger partial charge in [0.2, 0.25) is 0 Å². The van der Waals surface area contributed by atoms with Crippen molar-refractivity contribution in [1.82, 2.24) is 0 Å². The number of phenols is 1. The molecule has 0 unspecified atom stereocenters. The summed E-state index contributed by atoms with van der Waals surface area (Å²) >= 11 is 0. The molecule has 2 aromatic carbocycles. The summed E-state index contributed by atoms with van der Waals surface area (Å²) in [5.74, 6) is 8.01. The van der Waals surface area contributed by atoms with Crippen molar-refractivity contribution in [3.63, 3.8) is 0 Å². The van der Waals surface area contributed by atoms with E-state index in [9.17, 15) is 5.11 Å². The van der Waals surface area contributed by atoms with Gasteiger partial charge in [-0.05, 0) is 24.3 Å². The second kappa shape index (κ2) is 6.58. The van der Waals surface area contributed by atoms with Gasteiger partial charge in [-0.25, -0.2) is 0 Å². The van der Waals surface area contributed by atoms with E-state index in [1.165, 1.54) is 6.07 Å². The van der Waals surface area contributed by atoms with Crippen molar-refractivity contribution in [3.05, 3.63) is 47.5 Å². The van der Waals surface area contributed by atoms with Crippen molar-refractivity contribution in [1.29, 1.82) is 0 Å². The van der Waals surface area contributed by atoms with E-state index < -0.39 is 0 Å². The molecule has 0 aliphatic heterocycles. The lowest BCUT2D eigenvalue weighted by atomic mass is 10.1. The van der Waals surface area contributed by atoms with Gasteiger partial charge < -0.3 is 19.3 Å². The highest BCUT2D eigenvalue weighted by atomic mass is 16.5. The molecule has 0 heterocycles. The minimum absolute atomic E-state index is 0.113. The van der Waals surface area contributed by atoms with Crippen molar-refractivity contribution >= 4 is 0 Å². The summed E-state index contributed by atoms with van der Waals surface area (Å²) < 4.78 is 15.5. The van der Waals surface area contributed by atoms with Gasteiger partial charge in [-0.3, -0.25) is 0 Å². The summed E-state index contributed by atoms with van der Waals surface area (Å²) in [5, 5.41) is 9.60. The average Bonchev–Trinajstić information content (AvgIpc) is 2.51. The number of aromatic hydroxyl groups is 1. The highest BCUT2D eigenvalue weighted by Crippen LogP contribution is 2.23. The Balaban J connectivity index is 2.36. The highest BCUT2D eigenvalue weighted by molar-refractivity contribution is 5.51. The van der Waals surface area contributed by atoms with E-state index in [2.05, 4.69) is 11.8 Å². The zero-order valence-electron chi connectivity index (χ0n) is 12.1. The second-order valence-electron chi connectivity index (χ2n) is 4.27. The lowest BCUT2D eigenvalue weighted by Gasteiger charge is -2.04. The van der Waals surface area contributed by atoms with E-state index in [0.717, 1.165) is 5.56 Å². The SMILES string of the molecule is COc1cc(O)cc(C#Cc2cc(OC)cc(OC)c2)c1. The molecule has 2 rings (SSSR count). The molecule has 0 aliphatic carbocycles. The average molecular weight is 284 g/mol. The van der Waals surface area contributed by atoms with E-state index in [1.807, 2.05) is 12.1 Å². The first kappa shape index (κ1) is 14.6. The van der Waals surface area contributed by atoms with Crippen LogP contribution in [0.3, 0.4) is 0 Å². The fraction of sp³-hybridized carbons (Fsp3) is 0.176. The number of ether oxygens (including phenoxy) is 3. The summed E-state index contributed by atoms with van der Waals surface area (Å²) in [5.41, 5.74) is 1.42. The molecule has 0 saturated carbocycles. The van der Waals surface area contributed by atoms with Crippen LogP contribution in [0.1, 0.15) is 11.1 Å². The predicted molar refractivity (Wildman–Crippen MR) is 80.2 cm³/mol. The number of hydrogen-bond donors (Lipinski definition) is 1. The van der Waals surface area contributed by atoms with Crippen molar-refractivity contribution in [2.75, 3.05) is 21.3 Å². The molecule has 108 valence electrons. The Morgan fingerprint density at radius 1 is 0.667 bits per heavy atom. The summed E-state index contributed by atoms with van der Waals surface area (Å²) in [4.78, 5) is 0. The molecule has 2 aromatic rings. The third-order valence-electron chi connectivity index (χ3n) is 2.83. The molecule has 0 amide bonds. The van der Waals surface area contributed by atoms with Crippen LogP contribution in [-0.2, 0) is 0 Å². The van der Waals surface area contributed by atoms with Crippen LogP contribution in [0.2, 0.25) is 0 Å². The molecular formula is C17H16O4. The Hall–Kier alpha value is -2.80. The maximum Gasteiger partial charge on any atom is 0.123 e. The smallest absolute Gasteiger partial charge is 0.123 e. The molecular weight excluding hydrogens is 268 g/mol. The Labute approximate surface area is 123 Å². The van der Waals surface area contributed by atoms with Gasteiger partial charge in [0.1, 0.15) is 23.0 Å². The topological polar surface area (TPSA) is 47.9 Å². The first-order valence-corrected chi connectivity index (χ1v) is 6.27. The lowest BCUT2D eigenvalue weighted by molar-refractivity contribution is 0.394. The molecule has 21 heavy (non-hydrogen) atoms. The summed E-state index contributed by atoms with van der Waals surface area (Å²) in [6, 6.07) is 10.3. The largest absolute Gasteiger partial charge is 0.508 e. The molecule has 4 nitrogen and oxygen atoms in total. The van der Waals surface area contributed by atoms with Gasteiger partial charge in [0.15, 0.2) is 0 Å². The minimum atomic E-state index is 0.113. The number of benzene rings is 2. The van der Waals surface area contributed by atoms with Gasteiger partial charge in [-0.1, -0.05) is 11.8 Å². The fourth-order valence-electron chi connectivity index (χ4n) is 1.80. The normalized spacial score (nSPS) is 9.48. The van der Waals surface area contributed by atoms with Gasteiger partial charge in [0, 0.05) is 23.3 Å². The first-order chi connectivity index (χ1) is 10.1. The van der Waals surface area contributed by atoms with Crippen LogP contribution in [-0.4, -0.2) is 26.4 Å². The molecule has 0 radical (unpaired) electrons. The third kappa shape index (κ3) is 3.83. The van der Waals surface area contributed by atoms with Crippen LogP contribution < -0.4 is 14.2 Å². The summed E-state index contributed by atoms with van der Waals surface area (Å²) in [6.07, 6.45) is 0. The Morgan fingerprint density at radius 3 is 1.57 bits per heavy atom. The molecule has 0 saturated heterocycles. The van der Waals surface area contributed by atoms with Crippen LogP contribution in [0, 0.1) is 11.8 Å². The van der Waals surface area contributed by atoms with Crippen molar-refractivity contribution in [2.24, 2.45) is 0 Å². The van der Waals surface area contributed by atoms with Gasteiger partial charge in [-0.15, -0.1) is 0 Å². The second-order valence-corrected chi connectivity index (χ2v) is 4.27. The number of methoxy groups -OCH3 is 3. The molecule has 4 heteroatoms. The third-order valence-corrected chi connectivity index (χ3v) is 2.83. The molecule has 1 N–H and O–H groups in total. The maximum atomic E-state index is 9.60. The predicted octanol–water partition coefficient (Wildman–Crippen LogP) is 2.82. The molecule has 0 atom stereocenters. The summed E-state index contributed by atoms with van der Waals surface area (Å²) in [7, 11) is 4.72. The quantitative estimate of drug-likeness (QED) is 0.880. The van der Waals surface area contributed by atoms with Crippen LogP contribution in [0.15, 0.2) is 36.4 Å². The van der Waals surface area contributed by atoms with Crippen LogP contribution >= 0.6 is 0 Å². The van der Waals surface area contributed by atoms with Crippen molar-refractivity contribution in [2.45, 2.75) is 0 Å². The van der Waals surface area contributed by atoms with Crippen molar-refractivity contribution < 1.29 is 19.3 Å². The van der Waals surface area contributed by atoms with Crippen LogP contribution in [0.5, 0.6) is 23.0 Å². The van der Waals surface area contributed by atoms with Crippen molar-refractivity contribution in [3.8, 4) is 34.8 Å². The molecule has 0 spiro atoms. The zero-order chi connectivity index (χ0) is 15.2. The molecule has 0 aromatic heterocycles. The van der Waals surface area contributed by atoms with Gasteiger partial charge >= 0.3 is 0 Å². The highest BCUT2D eigenvalue weighted by Gasteiger charge is 2.00. The Morgan fingerprint density at radius 2 is 1.10 bits per heavy atom. The first-order valence-electron chi connectivity index (χ1n) is 6.27. The van der Waals surface area contributed by atoms with Crippen LogP contribution in [0.4, 0.5) is 0 Å². The maximum absolute atomic E-state index is 9.60. The van der Waals surface area contributed by atoms with Gasteiger partial charge in [0.05, 0.1) is 21.3 Å². The Bertz CT molecular complexity index is 673.